The summed E-state index contributed by atoms with van der Waals surface area (Å²) in [6, 6.07) is 7.80. The maximum Gasteiger partial charge on any atom is 0.358 e. The number of hydrogen-bond acceptors (Lipinski definition) is 7. The Morgan fingerprint density at radius 1 is 1.31 bits per heavy atom. The van der Waals surface area contributed by atoms with Crippen molar-refractivity contribution < 1.29 is 19.0 Å². The van der Waals surface area contributed by atoms with Crippen molar-refractivity contribution in [1.82, 2.24) is 14.9 Å². The molecule has 0 aliphatic carbocycles. The van der Waals surface area contributed by atoms with E-state index in [9.17, 15) is 4.79 Å². The van der Waals surface area contributed by atoms with Crippen LogP contribution in [-0.4, -0.2) is 55.0 Å². The van der Waals surface area contributed by atoms with E-state index in [1.807, 2.05) is 28.8 Å². The van der Waals surface area contributed by atoms with Gasteiger partial charge in [-0.1, -0.05) is 12.1 Å². The standard InChI is InChI=1S/C18H22N4O4/c1-4-26-18(23)16-14-9-19-17(20-10-15(24-2)25-3)12-7-5-6-8-13(12)22(14)11-21-16/h5-8,11,15H,4,9-10H2,1-3H3,(H,19,20). The molecule has 1 aromatic heterocycles. The van der Waals surface area contributed by atoms with Gasteiger partial charge in [-0.25, -0.2) is 9.78 Å². The summed E-state index contributed by atoms with van der Waals surface area (Å²) in [5, 5.41) is 3.27. The van der Waals surface area contributed by atoms with E-state index in [-0.39, 0.29) is 6.29 Å². The van der Waals surface area contributed by atoms with Gasteiger partial charge in [0.25, 0.3) is 0 Å². The number of aliphatic imine (C=N–C) groups is 1. The first kappa shape index (κ1) is 18.1. The van der Waals surface area contributed by atoms with Crippen LogP contribution in [0.2, 0.25) is 0 Å². The molecule has 0 unspecified atom stereocenters. The first-order valence-electron chi connectivity index (χ1n) is 8.36. The normalized spacial score (nSPS) is 12.8. The summed E-state index contributed by atoms with van der Waals surface area (Å²) in [5.41, 5.74) is 2.78. The number of ether oxygens (including phenoxy) is 3. The van der Waals surface area contributed by atoms with Crippen LogP contribution >= 0.6 is 0 Å². The summed E-state index contributed by atoms with van der Waals surface area (Å²) in [6.07, 6.45) is 1.25. The Hall–Kier alpha value is -2.71. The largest absolute Gasteiger partial charge is 0.461 e. The van der Waals surface area contributed by atoms with E-state index in [4.69, 9.17) is 14.2 Å². The van der Waals surface area contributed by atoms with Gasteiger partial charge in [0.05, 0.1) is 31.1 Å². The number of hydrogen-bond donors (Lipinski definition) is 1. The fourth-order valence-electron chi connectivity index (χ4n) is 2.82. The predicted octanol–water partition coefficient (Wildman–Crippen LogP) is 1.52. The summed E-state index contributed by atoms with van der Waals surface area (Å²) in [6.45, 7) is 2.81. The Morgan fingerprint density at radius 2 is 2.08 bits per heavy atom. The van der Waals surface area contributed by atoms with E-state index in [1.54, 1.807) is 27.5 Å². The van der Waals surface area contributed by atoms with Crippen LogP contribution in [0.3, 0.4) is 0 Å². The average molecular weight is 358 g/mol. The Labute approximate surface area is 151 Å². The zero-order chi connectivity index (χ0) is 18.5. The molecule has 0 saturated carbocycles. The number of aromatic nitrogens is 2. The van der Waals surface area contributed by atoms with Crippen molar-refractivity contribution in [2.45, 2.75) is 19.8 Å². The Morgan fingerprint density at radius 3 is 2.81 bits per heavy atom. The number of nitrogens with one attached hydrogen (secondary N) is 1. The molecule has 1 N–H and O–H groups in total. The molecule has 0 radical (unpaired) electrons. The van der Waals surface area contributed by atoms with Crippen LogP contribution in [0.5, 0.6) is 0 Å². The highest BCUT2D eigenvalue weighted by atomic mass is 16.7. The van der Waals surface area contributed by atoms with Crippen LogP contribution < -0.4 is 5.32 Å². The third kappa shape index (κ3) is 3.47. The lowest BCUT2D eigenvalue weighted by molar-refractivity contribution is -0.0965. The van der Waals surface area contributed by atoms with Crippen molar-refractivity contribution in [3.8, 4) is 5.69 Å². The van der Waals surface area contributed by atoms with E-state index in [2.05, 4.69) is 15.3 Å². The van der Waals surface area contributed by atoms with Gasteiger partial charge in [-0.2, -0.15) is 0 Å². The van der Waals surface area contributed by atoms with Gasteiger partial charge in [0, 0.05) is 19.8 Å². The Kier molecular flexibility index (Phi) is 5.65. The number of carbonyl (C=O) groups excluding carboxylic acids is 1. The molecule has 8 nitrogen and oxygen atoms in total. The number of rotatable bonds is 6. The van der Waals surface area contributed by atoms with Gasteiger partial charge in [0.2, 0.25) is 0 Å². The number of para-hydroxylation sites is 1. The topological polar surface area (TPSA) is 87.0 Å². The molecule has 0 bridgehead atoms. The molecule has 138 valence electrons. The van der Waals surface area contributed by atoms with Crippen molar-refractivity contribution >= 4 is 11.8 Å². The van der Waals surface area contributed by atoms with Crippen molar-refractivity contribution in [2.24, 2.45) is 4.99 Å². The predicted molar refractivity (Wildman–Crippen MR) is 95.6 cm³/mol. The highest BCUT2D eigenvalue weighted by Crippen LogP contribution is 2.24. The minimum atomic E-state index is -0.441. The highest BCUT2D eigenvalue weighted by Gasteiger charge is 2.24. The zero-order valence-corrected chi connectivity index (χ0v) is 15.1. The number of carbonyl (C=O) groups is 1. The molecule has 1 aromatic carbocycles. The van der Waals surface area contributed by atoms with E-state index in [0.29, 0.717) is 36.9 Å². The fraction of sp³-hybridized carbons (Fsp3) is 0.389. The second kappa shape index (κ2) is 8.11. The number of methoxy groups -OCH3 is 2. The molecule has 0 saturated heterocycles. The Balaban J connectivity index is 1.97. The number of imidazole rings is 1. The molecule has 0 spiro atoms. The maximum atomic E-state index is 12.2. The summed E-state index contributed by atoms with van der Waals surface area (Å²) < 4.78 is 17.4. The molecule has 1 aliphatic heterocycles. The first-order chi connectivity index (χ1) is 12.7. The monoisotopic (exact) mass is 358 g/mol. The van der Waals surface area contributed by atoms with Crippen molar-refractivity contribution in [1.29, 1.82) is 0 Å². The maximum absolute atomic E-state index is 12.2. The summed E-state index contributed by atoms with van der Waals surface area (Å²) >= 11 is 0. The molecule has 2 heterocycles. The molecule has 1 aliphatic rings. The second-order valence-electron chi connectivity index (χ2n) is 5.59. The third-order valence-electron chi connectivity index (χ3n) is 4.10. The molecule has 2 aromatic rings. The summed E-state index contributed by atoms with van der Waals surface area (Å²) in [7, 11) is 3.17. The summed E-state index contributed by atoms with van der Waals surface area (Å²) in [4.78, 5) is 21.1. The van der Waals surface area contributed by atoms with E-state index in [1.165, 1.54) is 0 Å². The smallest absolute Gasteiger partial charge is 0.358 e. The molecule has 26 heavy (non-hydrogen) atoms. The van der Waals surface area contributed by atoms with E-state index >= 15 is 0 Å². The number of fused-ring (bicyclic) bond motifs is 3. The lowest BCUT2D eigenvalue weighted by Crippen LogP contribution is -2.35. The van der Waals surface area contributed by atoms with Gasteiger partial charge in [-0.3, -0.25) is 9.56 Å². The number of amidine groups is 1. The second-order valence-corrected chi connectivity index (χ2v) is 5.59. The molecular formula is C18H22N4O4. The van der Waals surface area contributed by atoms with Crippen LogP contribution in [0, 0.1) is 0 Å². The fourth-order valence-corrected chi connectivity index (χ4v) is 2.82. The summed E-state index contributed by atoms with van der Waals surface area (Å²) in [5.74, 6) is 0.266. The van der Waals surface area contributed by atoms with Crippen LogP contribution in [0.25, 0.3) is 5.69 Å². The molecular weight excluding hydrogens is 336 g/mol. The zero-order valence-electron chi connectivity index (χ0n) is 15.1. The number of benzene rings is 1. The minimum absolute atomic E-state index is 0.290. The average Bonchev–Trinajstić information content (AvgIpc) is 3.02. The third-order valence-corrected chi connectivity index (χ3v) is 4.10. The van der Waals surface area contributed by atoms with Gasteiger partial charge in [-0.15, -0.1) is 0 Å². The van der Waals surface area contributed by atoms with Gasteiger partial charge < -0.3 is 19.5 Å². The van der Waals surface area contributed by atoms with Crippen LogP contribution in [0.4, 0.5) is 0 Å². The lowest BCUT2D eigenvalue weighted by Gasteiger charge is -2.17. The Bertz CT molecular complexity index is 811. The minimum Gasteiger partial charge on any atom is -0.461 e. The van der Waals surface area contributed by atoms with E-state index < -0.39 is 5.97 Å². The van der Waals surface area contributed by atoms with Crippen LogP contribution in [0.15, 0.2) is 35.6 Å². The van der Waals surface area contributed by atoms with Crippen molar-refractivity contribution in [3.05, 3.63) is 47.5 Å². The van der Waals surface area contributed by atoms with Gasteiger partial charge in [-0.05, 0) is 19.1 Å². The first-order valence-corrected chi connectivity index (χ1v) is 8.36. The lowest BCUT2D eigenvalue weighted by atomic mass is 10.1. The molecule has 3 rings (SSSR count). The SMILES string of the molecule is CCOC(=O)c1ncn2c1CN=C(NCC(OC)OC)c1ccccc1-2. The van der Waals surface area contributed by atoms with Crippen molar-refractivity contribution in [2.75, 3.05) is 27.4 Å². The van der Waals surface area contributed by atoms with Crippen LogP contribution in [0.1, 0.15) is 28.7 Å². The van der Waals surface area contributed by atoms with Gasteiger partial charge >= 0.3 is 5.97 Å². The molecule has 0 amide bonds. The molecule has 0 fully saturated rings. The molecule has 8 heteroatoms. The highest BCUT2D eigenvalue weighted by molar-refractivity contribution is 6.02. The quantitative estimate of drug-likeness (QED) is 0.622. The van der Waals surface area contributed by atoms with Crippen molar-refractivity contribution in [3.63, 3.8) is 0 Å². The van der Waals surface area contributed by atoms with Gasteiger partial charge in [0.1, 0.15) is 12.2 Å². The number of esters is 1. The van der Waals surface area contributed by atoms with E-state index in [0.717, 1.165) is 11.3 Å². The van der Waals surface area contributed by atoms with Crippen LogP contribution in [-0.2, 0) is 20.8 Å². The van der Waals surface area contributed by atoms with Gasteiger partial charge in [0.15, 0.2) is 12.0 Å². The number of nitrogens with zero attached hydrogens (tertiary/aromatic N) is 3. The molecule has 0 atom stereocenters.